The number of carbonyl (C=O) groups excluding carboxylic acids is 2. The van der Waals surface area contributed by atoms with Crippen LogP contribution in [-0.2, 0) is 0 Å². The van der Waals surface area contributed by atoms with Gasteiger partial charge in [-0.25, -0.2) is 0 Å². The molecule has 138 valence electrons. The normalized spacial score (nSPS) is 14.3. The number of hydrogen-bond donors (Lipinski definition) is 0. The van der Waals surface area contributed by atoms with Crippen molar-refractivity contribution in [1.82, 2.24) is 9.80 Å². The van der Waals surface area contributed by atoms with Crippen LogP contribution in [0.5, 0.6) is 11.5 Å². The number of benzene rings is 1. The lowest BCUT2D eigenvalue weighted by atomic mass is 10.1. The molecule has 2 heterocycles. The number of methoxy groups -OCH3 is 2. The first-order chi connectivity index (χ1) is 12.5. The summed E-state index contributed by atoms with van der Waals surface area (Å²) in [6.45, 7) is 4.05. The van der Waals surface area contributed by atoms with Crippen LogP contribution in [0, 0.1) is 6.92 Å². The van der Waals surface area contributed by atoms with Gasteiger partial charge in [0.1, 0.15) is 0 Å². The average molecular weight is 374 g/mol. The molecule has 2 aromatic rings. The van der Waals surface area contributed by atoms with E-state index in [1.54, 1.807) is 37.3 Å². The van der Waals surface area contributed by atoms with Gasteiger partial charge in [-0.1, -0.05) is 0 Å². The quantitative estimate of drug-likeness (QED) is 0.826. The van der Waals surface area contributed by atoms with E-state index in [0.717, 1.165) is 10.4 Å². The number of aryl methyl sites for hydroxylation is 1. The summed E-state index contributed by atoms with van der Waals surface area (Å²) >= 11 is 1.47. The Morgan fingerprint density at radius 1 is 0.923 bits per heavy atom. The maximum absolute atomic E-state index is 12.8. The maximum Gasteiger partial charge on any atom is 0.264 e. The smallest absolute Gasteiger partial charge is 0.264 e. The summed E-state index contributed by atoms with van der Waals surface area (Å²) in [5, 5.41) is 1.93. The van der Waals surface area contributed by atoms with E-state index in [4.69, 9.17) is 9.47 Å². The zero-order valence-electron chi connectivity index (χ0n) is 15.2. The molecule has 0 unspecified atom stereocenters. The number of ether oxygens (including phenoxy) is 2. The van der Waals surface area contributed by atoms with Gasteiger partial charge < -0.3 is 19.3 Å². The van der Waals surface area contributed by atoms with Crippen LogP contribution in [0.4, 0.5) is 0 Å². The Bertz CT molecular complexity index is 810. The zero-order valence-corrected chi connectivity index (χ0v) is 16.0. The van der Waals surface area contributed by atoms with Gasteiger partial charge in [-0.3, -0.25) is 9.59 Å². The largest absolute Gasteiger partial charge is 0.493 e. The standard InChI is InChI=1S/C19H22N2O4S/c1-13-6-11-26-17(13)19(23)21-9-7-20(8-10-21)18(22)14-4-5-15(24-2)16(12-14)25-3/h4-6,11-12H,7-10H2,1-3H3. The summed E-state index contributed by atoms with van der Waals surface area (Å²) in [5.41, 5.74) is 1.56. The molecule has 0 N–H and O–H groups in total. The second kappa shape index (κ2) is 7.78. The fourth-order valence-corrected chi connectivity index (χ4v) is 3.89. The Labute approximate surface area is 156 Å². The van der Waals surface area contributed by atoms with Crippen LogP contribution >= 0.6 is 11.3 Å². The number of piperazine rings is 1. The van der Waals surface area contributed by atoms with Crippen molar-refractivity contribution in [3.8, 4) is 11.5 Å². The minimum absolute atomic E-state index is 0.0516. The Balaban J connectivity index is 1.65. The molecule has 1 fully saturated rings. The third-order valence-electron chi connectivity index (χ3n) is 4.54. The monoisotopic (exact) mass is 374 g/mol. The Morgan fingerprint density at radius 3 is 2.08 bits per heavy atom. The second-order valence-corrected chi connectivity index (χ2v) is 7.00. The molecule has 0 atom stereocenters. The highest BCUT2D eigenvalue weighted by Gasteiger charge is 2.27. The van der Waals surface area contributed by atoms with E-state index in [0.29, 0.717) is 43.2 Å². The van der Waals surface area contributed by atoms with E-state index in [1.807, 2.05) is 23.3 Å². The minimum Gasteiger partial charge on any atom is -0.493 e. The van der Waals surface area contributed by atoms with E-state index in [2.05, 4.69) is 0 Å². The van der Waals surface area contributed by atoms with E-state index in [1.165, 1.54) is 11.3 Å². The van der Waals surface area contributed by atoms with Crippen molar-refractivity contribution in [3.05, 3.63) is 45.6 Å². The number of carbonyl (C=O) groups is 2. The molecule has 3 rings (SSSR count). The molecular formula is C19H22N2O4S. The molecular weight excluding hydrogens is 352 g/mol. The van der Waals surface area contributed by atoms with Crippen molar-refractivity contribution >= 4 is 23.2 Å². The molecule has 0 aliphatic carbocycles. The average Bonchev–Trinajstić information content (AvgIpc) is 3.12. The molecule has 0 spiro atoms. The molecule has 1 aromatic carbocycles. The molecule has 0 bridgehead atoms. The first-order valence-corrected chi connectivity index (χ1v) is 9.27. The SMILES string of the molecule is COc1ccc(C(=O)N2CCN(C(=O)c3sccc3C)CC2)cc1OC. The van der Waals surface area contributed by atoms with Crippen molar-refractivity contribution in [2.45, 2.75) is 6.92 Å². The van der Waals surface area contributed by atoms with Gasteiger partial charge in [0.05, 0.1) is 19.1 Å². The third-order valence-corrected chi connectivity index (χ3v) is 5.55. The lowest BCUT2D eigenvalue weighted by molar-refractivity contribution is 0.0537. The van der Waals surface area contributed by atoms with Crippen molar-refractivity contribution in [3.63, 3.8) is 0 Å². The first kappa shape index (κ1) is 18.3. The van der Waals surface area contributed by atoms with Gasteiger partial charge in [-0.2, -0.15) is 0 Å². The van der Waals surface area contributed by atoms with Crippen LogP contribution in [0.15, 0.2) is 29.6 Å². The fraction of sp³-hybridized carbons (Fsp3) is 0.368. The Morgan fingerprint density at radius 2 is 1.54 bits per heavy atom. The van der Waals surface area contributed by atoms with Crippen LogP contribution < -0.4 is 9.47 Å². The number of rotatable bonds is 4. The van der Waals surface area contributed by atoms with Gasteiger partial charge in [0, 0.05) is 31.7 Å². The molecule has 0 radical (unpaired) electrons. The third kappa shape index (κ3) is 3.53. The van der Waals surface area contributed by atoms with Gasteiger partial charge in [0.2, 0.25) is 0 Å². The van der Waals surface area contributed by atoms with Crippen molar-refractivity contribution < 1.29 is 19.1 Å². The second-order valence-electron chi connectivity index (χ2n) is 6.09. The molecule has 2 amide bonds. The van der Waals surface area contributed by atoms with Crippen molar-refractivity contribution in [1.29, 1.82) is 0 Å². The topological polar surface area (TPSA) is 59.1 Å². The number of thiophene rings is 1. The van der Waals surface area contributed by atoms with Gasteiger partial charge >= 0.3 is 0 Å². The predicted octanol–water partition coefficient (Wildman–Crippen LogP) is 2.67. The van der Waals surface area contributed by atoms with Crippen LogP contribution in [0.1, 0.15) is 25.6 Å². The predicted molar refractivity (Wildman–Crippen MR) is 100 cm³/mol. The Kier molecular flexibility index (Phi) is 5.46. The summed E-state index contributed by atoms with van der Waals surface area (Å²) in [6.07, 6.45) is 0. The van der Waals surface area contributed by atoms with Gasteiger partial charge in [0.15, 0.2) is 11.5 Å². The number of amides is 2. The summed E-state index contributed by atoms with van der Waals surface area (Å²) in [5.74, 6) is 1.10. The highest BCUT2D eigenvalue weighted by molar-refractivity contribution is 7.12. The first-order valence-electron chi connectivity index (χ1n) is 8.39. The van der Waals surface area contributed by atoms with Gasteiger partial charge in [-0.15, -0.1) is 11.3 Å². The fourth-order valence-electron chi connectivity index (χ4n) is 3.00. The van der Waals surface area contributed by atoms with Crippen molar-refractivity contribution in [2.24, 2.45) is 0 Å². The van der Waals surface area contributed by atoms with Gasteiger partial charge in [0.25, 0.3) is 11.8 Å². The maximum atomic E-state index is 12.8. The lowest BCUT2D eigenvalue weighted by Gasteiger charge is -2.34. The summed E-state index contributed by atoms with van der Waals surface area (Å²) in [4.78, 5) is 29.7. The van der Waals surface area contributed by atoms with Crippen molar-refractivity contribution in [2.75, 3.05) is 40.4 Å². The number of hydrogen-bond acceptors (Lipinski definition) is 5. The van der Waals surface area contributed by atoms with E-state index in [-0.39, 0.29) is 11.8 Å². The van der Waals surface area contributed by atoms with Crippen LogP contribution in [0.3, 0.4) is 0 Å². The van der Waals surface area contributed by atoms with E-state index < -0.39 is 0 Å². The molecule has 1 aliphatic rings. The molecule has 1 aromatic heterocycles. The minimum atomic E-state index is -0.0645. The molecule has 7 heteroatoms. The Hall–Kier alpha value is -2.54. The highest BCUT2D eigenvalue weighted by atomic mass is 32.1. The van der Waals surface area contributed by atoms with Crippen LogP contribution in [-0.4, -0.2) is 62.0 Å². The molecule has 1 aliphatic heterocycles. The van der Waals surface area contributed by atoms with Crippen LogP contribution in [0.25, 0.3) is 0 Å². The van der Waals surface area contributed by atoms with E-state index in [9.17, 15) is 9.59 Å². The van der Waals surface area contributed by atoms with Crippen LogP contribution in [0.2, 0.25) is 0 Å². The molecule has 6 nitrogen and oxygen atoms in total. The molecule has 1 saturated heterocycles. The van der Waals surface area contributed by atoms with Gasteiger partial charge in [-0.05, 0) is 42.1 Å². The summed E-state index contributed by atoms with van der Waals surface area (Å²) in [7, 11) is 3.11. The molecule has 26 heavy (non-hydrogen) atoms. The summed E-state index contributed by atoms with van der Waals surface area (Å²) in [6, 6.07) is 7.10. The van der Waals surface area contributed by atoms with E-state index >= 15 is 0 Å². The highest BCUT2D eigenvalue weighted by Crippen LogP contribution is 2.28. The lowest BCUT2D eigenvalue weighted by Crippen LogP contribution is -2.50. The molecule has 0 saturated carbocycles. The summed E-state index contributed by atoms with van der Waals surface area (Å²) < 4.78 is 10.5. The number of nitrogens with zero attached hydrogens (tertiary/aromatic N) is 2. The zero-order chi connectivity index (χ0) is 18.7.